The summed E-state index contributed by atoms with van der Waals surface area (Å²) in [5.74, 6) is 0.674. The average molecular weight is 400 g/mol. The van der Waals surface area contributed by atoms with E-state index in [-0.39, 0.29) is 11.2 Å². The average Bonchev–Trinajstić information content (AvgIpc) is 3.20. The summed E-state index contributed by atoms with van der Waals surface area (Å²) in [6.45, 7) is 8.50. The standard InChI is InChI=1S/C20H19NO4S.C2H6/c1-2-16(22)14-5-3-4-13(10-14)15-12-26-20-17(23)11-18(25-19(15)20)21-6-8-24-9-7-21;1-2/h3-5,10-12H,2,6-9H2,1H3;1-2H3. The molecule has 0 N–H and O–H groups in total. The Bertz CT molecular complexity index is 1010. The first-order valence-corrected chi connectivity index (χ1v) is 10.6. The summed E-state index contributed by atoms with van der Waals surface area (Å²) >= 11 is 1.38. The number of fused-ring (bicyclic) bond motifs is 1. The van der Waals surface area contributed by atoms with E-state index >= 15 is 0 Å². The molecule has 0 atom stereocenters. The van der Waals surface area contributed by atoms with Crippen LogP contribution in [0.15, 0.2) is 44.9 Å². The fourth-order valence-corrected chi connectivity index (χ4v) is 4.05. The summed E-state index contributed by atoms with van der Waals surface area (Å²) in [4.78, 5) is 26.6. The van der Waals surface area contributed by atoms with E-state index < -0.39 is 0 Å². The van der Waals surface area contributed by atoms with Crippen molar-refractivity contribution in [2.24, 2.45) is 0 Å². The van der Waals surface area contributed by atoms with Crippen LogP contribution in [0.5, 0.6) is 0 Å². The normalized spacial score (nSPS) is 13.9. The van der Waals surface area contributed by atoms with Gasteiger partial charge in [-0.2, -0.15) is 0 Å². The van der Waals surface area contributed by atoms with Gasteiger partial charge in [-0.15, -0.1) is 11.3 Å². The predicted octanol–water partition coefficient (Wildman–Crippen LogP) is 4.98. The first-order valence-electron chi connectivity index (χ1n) is 9.69. The van der Waals surface area contributed by atoms with Gasteiger partial charge in [0.25, 0.3) is 0 Å². The largest absolute Gasteiger partial charge is 0.439 e. The summed E-state index contributed by atoms with van der Waals surface area (Å²) in [6.07, 6.45) is 0.462. The molecule has 0 spiro atoms. The van der Waals surface area contributed by atoms with Gasteiger partial charge in [-0.05, 0) is 11.6 Å². The van der Waals surface area contributed by atoms with E-state index in [1.165, 1.54) is 11.3 Å². The van der Waals surface area contributed by atoms with Gasteiger partial charge in [-0.25, -0.2) is 0 Å². The molecule has 5 nitrogen and oxygen atoms in total. The molecule has 0 aliphatic carbocycles. The van der Waals surface area contributed by atoms with Crippen LogP contribution in [0.2, 0.25) is 0 Å². The molecule has 148 valence electrons. The predicted molar refractivity (Wildman–Crippen MR) is 115 cm³/mol. The van der Waals surface area contributed by atoms with Crippen molar-refractivity contribution < 1.29 is 13.9 Å². The first kappa shape index (κ1) is 20.3. The highest BCUT2D eigenvalue weighted by Gasteiger charge is 2.19. The van der Waals surface area contributed by atoms with Crippen LogP contribution in [0.4, 0.5) is 5.88 Å². The molecule has 3 aromatic rings. The Morgan fingerprint density at radius 2 is 1.93 bits per heavy atom. The number of anilines is 1. The molecule has 2 aromatic heterocycles. The summed E-state index contributed by atoms with van der Waals surface area (Å²) in [5.41, 5.74) is 2.96. The van der Waals surface area contributed by atoms with Gasteiger partial charge >= 0.3 is 0 Å². The molecule has 0 saturated carbocycles. The second-order valence-corrected chi connectivity index (χ2v) is 7.09. The maximum Gasteiger partial charge on any atom is 0.204 e. The number of thiophene rings is 1. The Morgan fingerprint density at radius 1 is 1.18 bits per heavy atom. The molecule has 1 aliphatic heterocycles. The molecule has 28 heavy (non-hydrogen) atoms. The number of carbonyl (C=O) groups is 1. The van der Waals surface area contributed by atoms with Crippen LogP contribution >= 0.6 is 11.3 Å². The van der Waals surface area contributed by atoms with Crippen molar-refractivity contribution in [2.75, 3.05) is 31.2 Å². The van der Waals surface area contributed by atoms with Crippen LogP contribution in [-0.4, -0.2) is 32.1 Å². The highest BCUT2D eigenvalue weighted by Crippen LogP contribution is 2.35. The van der Waals surface area contributed by atoms with Crippen molar-refractivity contribution in [3.63, 3.8) is 0 Å². The molecule has 0 bridgehead atoms. The third-order valence-electron chi connectivity index (χ3n) is 4.57. The molecular formula is C22H25NO4S. The van der Waals surface area contributed by atoms with E-state index in [0.717, 1.165) is 11.1 Å². The molecule has 4 rings (SSSR count). The third kappa shape index (κ3) is 4.03. The highest BCUT2D eigenvalue weighted by molar-refractivity contribution is 7.17. The monoisotopic (exact) mass is 399 g/mol. The molecule has 0 amide bonds. The minimum Gasteiger partial charge on any atom is -0.439 e. The number of rotatable bonds is 4. The van der Waals surface area contributed by atoms with Crippen molar-refractivity contribution in [3.8, 4) is 11.1 Å². The Balaban J connectivity index is 0.00000109. The van der Waals surface area contributed by atoms with Crippen molar-refractivity contribution in [1.29, 1.82) is 0 Å². The van der Waals surface area contributed by atoms with Crippen LogP contribution < -0.4 is 10.3 Å². The van der Waals surface area contributed by atoms with E-state index in [1.807, 2.05) is 55.3 Å². The van der Waals surface area contributed by atoms with Gasteiger partial charge in [-0.1, -0.05) is 39.0 Å². The Labute approximate surface area is 168 Å². The lowest BCUT2D eigenvalue weighted by molar-refractivity contribution is 0.0988. The number of morpholine rings is 1. The van der Waals surface area contributed by atoms with Crippen molar-refractivity contribution in [2.45, 2.75) is 27.2 Å². The summed E-state index contributed by atoms with van der Waals surface area (Å²) < 4.78 is 12.1. The number of benzene rings is 1. The lowest BCUT2D eigenvalue weighted by atomic mass is 10.0. The number of hydrogen-bond acceptors (Lipinski definition) is 6. The second-order valence-electron chi connectivity index (χ2n) is 6.21. The van der Waals surface area contributed by atoms with Crippen LogP contribution in [0.25, 0.3) is 21.4 Å². The lowest BCUT2D eigenvalue weighted by Crippen LogP contribution is -2.36. The van der Waals surface area contributed by atoms with Crippen LogP contribution in [0, 0.1) is 0 Å². The number of hydrogen-bond donors (Lipinski definition) is 0. The smallest absolute Gasteiger partial charge is 0.204 e. The number of nitrogens with zero attached hydrogens (tertiary/aromatic N) is 1. The minimum absolute atomic E-state index is 0.0372. The molecule has 6 heteroatoms. The van der Waals surface area contributed by atoms with E-state index in [4.69, 9.17) is 9.15 Å². The Morgan fingerprint density at radius 3 is 2.64 bits per heavy atom. The van der Waals surface area contributed by atoms with Crippen molar-refractivity contribution in [1.82, 2.24) is 0 Å². The zero-order chi connectivity index (χ0) is 20.1. The lowest BCUT2D eigenvalue weighted by Gasteiger charge is -2.27. The number of Topliss-reactive ketones (excluding diaryl/α,β-unsaturated/α-hetero) is 1. The fraction of sp³-hybridized carbons (Fsp3) is 0.364. The minimum atomic E-state index is -0.0372. The third-order valence-corrected chi connectivity index (χ3v) is 5.55. The van der Waals surface area contributed by atoms with Gasteiger partial charge in [-0.3, -0.25) is 9.59 Å². The Hall–Kier alpha value is -2.44. The molecule has 1 aromatic carbocycles. The summed E-state index contributed by atoms with van der Waals surface area (Å²) in [6, 6.07) is 9.06. The van der Waals surface area contributed by atoms with Crippen LogP contribution in [0.3, 0.4) is 0 Å². The van der Waals surface area contributed by atoms with E-state index in [9.17, 15) is 9.59 Å². The van der Waals surface area contributed by atoms with Gasteiger partial charge in [0.2, 0.25) is 5.43 Å². The van der Waals surface area contributed by atoms with E-state index in [2.05, 4.69) is 0 Å². The van der Waals surface area contributed by atoms with E-state index in [1.54, 1.807) is 6.07 Å². The van der Waals surface area contributed by atoms with E-state index in [0.29, 0.717) is 54.5 Å². The molecule has 3 heterocycles. The maximum atomic E-state index is 12.5. The number of carbonyl (C=O) groups excluding carboxylic acids is 1. The van der Waals surface area contributed by atoms with Gasteiger partial charge in [0, 0.05) is 42.1 Å². The SMILES string of the molecule is CC.CCC(=O)c1cccc(-c2csc3c(=O)cc(N4CCOCC4)oc23)c1. The van der Waals surface area contributed by atoms with Crippen LogP contribution in [-0.2, 0) is 4.74 Å². The van der Waals surface area contributed by atoms with Gasteiger partial charge in [0.05, 0.1) is 13.2 Å². The van der Waals surface area contributed by atoms with Crippen molar-refractivity contribution in [3.05, 3.63) is 51.5 Å². The maximum absolute atomic E-state index is 12.5. The molecule has 1 saturated heterocycles. The quantitative estimate of drug-likeness (QED) is 0.579. The number of ketones is 1. The zero-order valence-electron chi connectivity index (χ0n) is 16.5. The fourth-order valence-electron chi connectivity index (χ4n) is 3.13. The summed E-state index contributed by atoms with van der Waals surface area (Å²) in [7, 11) is 0. The molecule has 1 aliphatic rings. The Kier molecular flexibility index (Phi) is 6.65. The second kappa shape index (κ2) is 9.17. The summed E-state index contributed by atoms with van der Waals surface area (Å²) in [5, 5.41) is 1.92. The molecule has 1 fully saturated rings. The number of ether oxygens (including phenoxy) is 1. The van der Waals surface area contributed by atoms with Gasteiger partial charge in [0.15, 0.2) is 17.3 Å². The van der Waals surface area contributed by atoms with Gasteiger partial charge < -0.3 is 14.1 Å². The molecule has 0 radical (unpaired) electrons. The molecule has 0 unspecified atom stereocenters. The van der Waals surface area contributed by atoms with Gasteiger partial charge in [0.1, 0.15) is 4.70 Å². The first-order chi connectivity index (χ1) is 13.7. The zero-order valence-corrected chi connectivity index (χ0v) is 17.3. The molecular weight excluding hydrogens is 374 g/mol. The van der Waals surface area contributed by atoms with Crippen molar-refractivity contribution >= 4 is 33.3 Å². The van der Waals surface area contributed by atoms with Crippen LogP contribution in [0.1, 0.15) is 37.6 Å². The topological polar surface area (TPSA) is 59.8 Å². The highest BCUT2D eigenvalue weighted by atomic mass is 32.1.